The molecule has 0 bridgehead atoms. The summed E-state index contributed by atoms with van der Waals surface area (Å²) in [5, 5.41) is 1.46. The number of rotatable bonds is 7. The predicted molar refractivity (Wildman–Crippen MR) is 104 cm³/mol. The summed E-state index contributed by atoms with van der Waals surface area (Å²) in [7, 11) is 0. The Balaban J connectivity index is 1.72. The highest BCUT2D eigenvalue weighted by atomic mass is 35.5. The van der Waals surface area contributed by atoms with E-state index in [1.165, 1.54) is 18.1 Å². The SMILES string of the molecule is Nc1ncn(CCCCCC(F)(F)F)c2nc(Sc3cc(Cl)cc(Cl)c3)nc1-2. The molecule has 2 heterocycles. The van der Waals surface area contributed by atoms with Crippen LogP contribution >= 0.6 is 35.0 Å². The quantitative estimate of drug-likeness (QED) is 0.451. The summed E-state index contributed by atoms with van der Waals surface area (Å²) in [5.41, 5.74) is 6.35. The fourth-order valence-electron chi connectivity index (χ4n) is 2.62. The molecule has 2 aliphatic rings. The number of halogens is 5. The number of anilines is 1. The number of alkyl halides is 3. The molecule has 0 atom stereocenters. The molecule has 0 aliphatic carbocycles. The third-order valence-corrected chi connectivity index (χ3v) is 5.15. The molecule has 11 heteroatoms. The van der Waals surface area contributed by atoms with Crippen molar-refractivity contribution in [1.29, 1.82) is 0 Å². The van der Waals surface area contributed by atoms with Crippen molar-refractivity contribution in [3.63, 3.8) is 0 Å². The van der Waals surface area contributed by atoms with E-state index in [-0.39, 0.29) is 12.2 Å². The molecular weight excluding hydrogens is 434 g/mol. The normalized spacial score (nSPS) is 12.0. The summed E-state index contributed by atoms with van der Waals surface area (Å²) in [6.45, 7) is 0.480. The van der Waals surface area contributed by atoms with Gasteiger partial charge in [-0.05, 0) is 42.8 Å². The molecule has 0 amide bonds. The largest absolute Gasteiger partial charge is 0.389 e. The number of aromatic nitrogens is 4. The molecule has 0 spiro atoms. The second kappa shape index (κ2) is 8.75. The van der Waals surface area contributed by atoms with E-state index >= 15 is 0 Å². The highest BCUT2D eigenvalue weighted by molar-refractivity contribution is 7.99. The van der Waals surface area contributed by atoms with Gasteiger partial charge in [-0.15, -0.1) is 0 Å². The van der Waals surface area contributed by atoms with Crippen LogP contribution in [0.1, 0.15) is 25.7 Å². The Hall–Kier alpha value is -1.71. The molecule has 0 aromatic heterocycles. The lowest BCUT2D eigenvalue weighted by Crippen LogP contribution is -2.09. The Labute approximate surface area is 173 Å². The predicted octanol–water partition coefficient (Wildman–Crippen LogP) is 5.94. The van der Waals surface area contributed by atoms with Crippen molar-refractivity contribution in [2.75, 3.05) is 5.73 Å². The van der Waals surface area contributed by atoms with Crippen molar-refractivity contribution in [1.82, 2.24) is 19.5 Å². The second-order valence-corrected chi connectivity index (χ2v) is 8.05. The van der Waals surface area contributed by atoms with Gasteiger partial charge >= 0.3 is 6.18 Å². The lowest BCUT2D eigenvalue weighted by atomic mass is 10.2. The number of aryl methyl sites for hydroxylation is 1. The number of unbranched alkanes of at least 4 members (excludes halogenated alkanes) is 2. The monoisotopic (exact) mass is 449 g/mol. The maximum absolute atomic E-state index is 12.2. The Morgan fingerprint density at radius 1 is 1.04 bits per heavy atom. The third kappa shape index (κ3) is 5.65. The molecule has 0 saturated heterocycles. The van der Waals surface area contributed by atoms with E-state index < -0.39 is 12.6 Å². The van der Waals surface area contributed by atoms with Gasteiger partial charge < -0.3 is 10.3 Å². The average molecular weight is 450 g/mol. The fourth-order valence-corrected chi connectivity index (χ4v) is 4.13. The van der Waals surface area contributed by atoms with E-state index in [1.807, 2.05) is 0 Å². The smallest absolute Gasteiger partial charge is 0.382 e. The van der Waals surface area contributed by atoms with E-state index in [1.54, 1.807) is 22.8 Å². The summed E-state index contributed by atoms with van der Waals surface area (Å²) in [6, 6.07) is 5.12. The summed E-state index contributed by atoms with van der Waals surface area (Å²) >= 11 is 13.3. The van der Waals surface area contributed by atoms with Gasteiger partial charge in [0, 0.05) is 27.9 Å². The van der Waals surface area contributed by atoms with Crippen molar-refractivity contribution in [3.05, 3.63) is 34.6 Å². The van der Waals surface area contributed by atoms with Gasteiger partial charge in [0.2, 0.25) is 0 Å². The standard InChI is InChI=1S/C17H16Cl2F3N5S/c18-10-6-11(19)8-12(7-10)28-16-25-13-14(23)24-9-27(15(13)26-16)5-3-1-2-4-17(20,21)22/h6-9H,1-5,23H2. The minimum atomic E-state index is -4.12. The summed E-state index contributed by atoms with van der Waals surface area (Å²) in [4.78, 5) is 13.8. The van der Waals surface area contributed by atoms with Crippen LogP contribution in [0.5, 0.6) is 0 Å². The summed E-state index contributed by atoms with van der Waals surface area (Å²) in [6.07, 6.45) is -2.24. The highest BCUT2D eigenvalue weighted by Crippen LogP contribution is 2.34. The molecule has 2 N–H and O–H groups in total. The van der Waals surface area contributed by atoms with Crippen molar-refractivity contribution in [3.8, 4) is 11.5 Å². The van der Waals surface area contributed by atoms with Crippen LogP contribution in [0.2, 0.25) is 10.0 Å². The third-order valence-electron chi connectivity index (χ3n) is 3.88. The first-order valence-corrected chi connectivity index (χ1v) is 9.97. The molecule has 28 heavy (non-hydrogen) atoms. The van der Waals surface area contributed by atoms with E-state index in [4.69, 9.17) is 28.9 Å². The maximum atomic E-state index is 12.2. The van der Waals surface area contributed by atoms with E-state index in [2.05, 4.69) is 15.0 Å². The van der Waals surface area contributed by atoms with Crippen LogP contribution in [0.4, 0.5) is 19.0 Å². The van der Waals surface area contributed by atoms with Gasteiger partial charge in [-0.3, -0.25) is 0 Å². The molecule has 5 nitrogen and oxygen atoms in total. The minimum absolute atomic E-state index is 0.0962. The van der Waals surface area contributed by atoms with Crippen LogP contribution in [0.25, 0.3) is 11.5 Å². The molecule has 1 aromatic rings. The zero-order chi connectivity index (χ0) is 20.3. The molecule has 1 aromatic carbocycles. The molecule has 150 valence electrons. The van der Waals surface area contributed by atoms with Crippen molar-refractivity contribution >= 4 is 40.8 Å². The van der Waals surface area contributed by atoms with Gasteiger partial charge in [0.1, 0.15) is 0 Å². The van der Waals surface area contributed by atoms with Crippen LogP contribution in [0.3, 0.4) is 0 Å². The number of hydrogen-bond donors (Lipinski definition) is 1. The molecule has 0 fully saturated rings. The molecule has 0 unspecified atom stereocenters. The number of benzene rings is 1. The number of nitrogens with two attached hydrogens (primary N) is 1. The summed E-state index contributed by atoms with van der Waals surface area (Å²) in [5.74, 6) is 0.783. The van der Waals surface area contributed by atoms with Crippen LogP contribution in [0.15, 0.2) is 34.6 Å². The van der Waals surface area contributed by atoms with Crippen molar-refractivity contribution < 1.29 is 13.2 Å². The molecule has 2 aliphatic heterocycles. The van der Waals surface area contributed by atoms with Crippen LogP contribution in [-0.2, 0) is 6.54 Å². The average Bonchev–Trinajstić information content (AvgIpc) is 2.99. The Morgan fingerprint density at radius 3 is 2.43 bits per heavy atom. The zero-order valence-corrected chi connectivity index (χ0v) is 16.8. The van der Waals surface area contributed by atoms with E-state index in [0.717, 1.165) is 4.90 Å². The number of nitrogen functional groups attached to an aromatic ring is 1. The molecule has 0 radical (unpaired) electrons. The Kier molecular flexibility index (Phi) is 6.57. The minimum Gasteiger partial charge on any atom is -0.382 e. The van der Waals surface area contributed by atoms with Gasteiger partial charge in [-0.25, -0.2) is 15.0 Å². The van der Waals surface area contributed by atoms with Crippen molar-refractivity contribution in [2.45, 2.75) is 48.5 Å². The molecule has 0 saturated carbocycles. The topological polar surface area (TPSA) is 69.6 Å². The Bertz CT molecular complexity index is 912. The maximum Gasteiger partial charge on any atom is 0.389 e. The lowest BCUT2D eigenvalue weighted by Gasteiger charge is -2.11. The van der Waals surface area contributed by atoms with Crippen LogP contribution in [0, 0.1) is 0 Å². The van der Waals surface area contributed by atoms with Gasteiger partial charge in [0.25, 0.3) is 0 Å². The Morgan fingerprint density at radius 2 is 1.75 bits per heavy atom. The van der Waals surface area contributed by atoms with E-state index in [0.29, 0.717) is 46.1 Å². The van der Waals surface area contributed by atoms with Gasteiger partial charge in [-0.2, -0.15) is 13.2 Å². The second-order valence-electron chi connectivity index (χ2n) is 6.13. The van der Waals surface area contributed by atoms with Crippen LogP contribution < -0.4 is 5.73 Å². The lowest BCUT2D eigenvalue weighted by molar-refractivity contribution is -0.135. The fraction of sp³-hybridized carbons (Fsp3) is 0.353. The first-order chi connectivity index (χ1) is 13.2. The number of imidazole rings is 1. The zero-order valence-electron chi connectivity index (χ0n) is 14.5. The van der Waals surface area contributed by atoms with Crippen LogP contribution in [-0.4, -0.2) is 25.7 Å². The van der Waals surface area contributed by atoms with Gasteiger partial charge in [-0.1, -0.05) is 29.6 Å². The van der Waals surface area contributed by atoms with Gasteiger partial charge in [0.15, 0.2) is 22.5 Å². The van der Waals surface area contributed by atoms with Crippen molar-refractivity contribution in [2.24, 2.45) is 0 Å². The number of fused-ring (bicyclic) bond motifs is 1. The number of hydrogen-bond acceptors (Lipinski definition) is 5. The van der Waals surface area contributed by atoms with Gasteiger partial charge in [0.05, 0.1) is 6.33 Å². The molecule has 3 rings (SSSR count). The number of nitrogens with zero attached hydrogens (tertiary/aromatic N) is 4. The first kappa shape index (κ1) is 21.0. The van der Waals surface area contributed by atoms with E-state index in [9.17, 15) is 13.2 Å². The molecular formula is C17H16Cl2F3N5S. The highest BCUT2D eigenvalue weighted by Gasteiger charge is 2.26. The summed E-state index contributed by atoms with van der Waals surface area (Å²) < 4.78 is 38.4. The first-order valence-electron chi connectivity index (χ1n) is 8.40.